The van der Waals surface area contributed by atoms with E-state index in [1.165, 1.54) is 25.7 Å². The molecule has 0 bridgehead atoms. The van der Waals surface area contributed by atoms with Gasteiger partial charge in [-0.05, 0) is 56.0 Å². The average Bonchev–Trinajstić information content (AvgIpc) is 3.43. The predicted molar refractivity (Wildman–Crippen MR) is 114 cm³/mol. The Balaban J connectivity index is 1.51. The molecule has 1 amide bonds. The van der Waals surface area contributed by atoms with Crippen LogP contribution in [0.4, 0.5) is 11.5 Å². The molecular weight excluding hydrogens is 378 g/mol. The first-order valence-corrected chi connectivity index (χ1v) is 10.4. The monoisotopic (exact) mass is 401 g/mol. The molecule has 7 nitrogen and oxygen atoms in total. The molecule has 2 aliphatic heterocycles. The molecule has 30 heavy (non-hydrogen) atoms. The van der Waals surface area contributed by atoms with Gasteiger partial charge in [0.05, 0.1) is 28.7 Å². The van der Waals surface area contributed by atoms with Crippen LogP contribution in [0, 0.1) is 24.2 Å². The van der Waals surface area contributed by atoms with Crippen LogP contribution < -0.4 is 15.1 Å². The normalized spacial score (nSPS) is 20.9. The summed E-state index contributed by atoms with van der Waals surface area (Å²) < 4.78 is 5.48. The molecule has 5 rings (SSSR count). The van der Waals surface area contributed by atoms with Gasteiger partial charge in [-0.3, -0.25) is 4.79 Å². The van der Waals surface area contributed by atoms with Crippen molar-refractivity contribution < 1.29 is 9.53 Å². The van der Waals surface area contributed by atoms with Crippen LogP contribution in [0.3, 0.4) is 0 Å². The van der Waals surface area contributed by atoms with Crippen molar-refractivity contribution in [1.29, 1.82) is 5.26 Å². The first kappa shape index (κ1) is 18.6. The number of amides is 1. The van der Waals surface area contributed by atoms with Crippen molar-refractivity contribution in [3.63, 3.8) is 0 Å². The molecule has 1 saturated carbocycles. The summed E-state index contributed by atoms with van der Waals surface area (Å²) in [6.45, 7) is 1.91. The summed E-state index contributed by atoms with van der Waals surface area (Å²) in [6.07, 6.45) is 5.75. The van der Waals surface area contributed by atoms with Crippen molar-refractivity contribution >= 4 is 23.1 Å². The topological polar surface area (TPSA) is 90.6 Å². The smallest absolute Gasteiger partial charge is 0.262 e. The number of benzene rings is 1. The van der Waals surface area contributed by atoms with Crippen molar-refractivity contribution in [2.45, 2.75) is 45.1 Å². The summed E-state index contributed by atoms with van der Waals surface area (Å²) in [7, 11) is 0. The third-order valence-electron chi connectivity index (χ3n) is 6.26. The molecule has 0 spiro atoms. The van der Waals surface area contributed by atoms with Gasteiger partial charge in [0.15, 0.2) is 6.61 Å². The molecule has 7 heteroatoms. The van der Waals surface area contributed by atoms with Gasteiger partial charge < -0.3 is 10.1 Å². The lowest BCUT2D eigenvalue weighted by molar-refractivity contribution is -0.118. The van der Waals surface area contributed by atoms with Gasteiger partial charge in [0.25, 0.3) is 5.91 Å². The number of hydrogen-bond donors (Lipinski definition) is 1. The van der Waals surface area contributed by atoms with E-state index in [0.29, 0.717) is 22.9 Å². The standard InChI is InChI=1S/C23H23N5O2/c1-14-17(12-24)7-9-22(25-14)28-20(15-4-2-3-5-15)11-18(27-28)16-6-8-21-19(10-16)26-23(29)13-30-21/h6-10,15,20H,2-5,11,13H2,1H3,(H,26,29)/t20-/m1/s1. The van der Waals surface area contributed by atoms with Crippen molar-refractivity contribution in [3.8, 4) is 11.8 Å². The Hall–Kier alpha value is -3.40. The van der Waals surface area contributed by atoms with E-state index in [2.05, 4.69) is 16.4 Å². The molecule has 1 N–H and O–H groups in total. The number of nitriles is 1. The number of fused-ring (bicyclic) bond motifs is 1. The third kappa shape index (κ3) is 3.28. The maximum atomic E-state index is 11.7. The van der Waals surface area contributed by atoms with Crippen molar-refractivity contribution in [2.75, 3.05) is 16.9 Å². The SMILES string of the molecule is Cc1nc(N2N=C(c3ccc4c(c3)NC(=O)CO4)C[C@@H]2C2CCCC2)ccc1C#N. The van der Waals surface area contributed by atoms with E-state index in [1.54, 1.807) is 0 Å². The fraction of sp³-hybridized carbons (Fsp3) is 0.391. The first-order chi connectivity index (χ1) is 14.6. The van der Waals surface area contributed by atoms with E-state index in [9.17, 15) is 10.1 Å². The molecule has 2 aromatic rings. The molecule has 0 radical (unpaired) electrons. The number of hydrogen-bond acceptors (Lipinski definition) is 6. The lowest BCUT2D eigenvalue weighted by Gasteiger charge is -2.27. The Kier molecular flexibility index (Phi) is 4.62. The lowest BCUT2D eigenvalue weighted by Crippen LogP contribution is -2.33. The number of carbonyl (C=O) groups is 1. The molecule has 1 fully saturated rings. The number of hydrazone groups is 1. The Morgan fingerprint density at radius 3 is 2.83 bits per heavy atom. The summed E-state index contributed by atoms with van der Waals surface area (Å²) in [6, 6.07) is 12.0. The number of pyridine rings is 1. The van der Waals surface area contributed by atoms with Gasteiger partial charge in [0.1, 0.15) is 17.6 Å². The zero-order valence-corrected chi connectivity index (χ0v) is 16.9. The molecule has 1 aromatic heterocycles. The number of carbonyl (C=O) groups excluding carboxylic acids is 1. The first-order valence-electron chi connectivity index (χ1n) is 10.4. The second-order valence-electron chi connectivity index (χ2n) is 8.17. The molecule has 152 valence electrons. The highest BCUT2D eigenvalue weighted by atomic mass is 16.5. The molecule has 1 aromatic carbocycles. The van der Waals surface area contributed by atoms with Crippen molar-refractivity contribution in [2.24, 2.45) is 11.0 Å². The van der Waals surface area contributed by atoms with E-state index < -0.39 is 0 Å². The molecule has 0 unspecified atom stereocenters. The second-order valence-corrected chi connectivity index (χ2v) is 8.17. The Bertz CT molecular complexity index is 1080. The Morgan fingerprint density at radius 2 is 2.07 bits per heavy atom. The van der Waals surface area contributed by atoms with E-state index in [4.69, 9.17) is 9.84 Å². The number of aryl methyl sites for hydroxylation is 1. The van der Waals surface area contributed by atoms with Gasteiger partial charge in [0, 0.05) is 12.0 Å². The van der Waals surface area contributed by atoms with Gasteiger partial charge >= 0.3 is 0 Å². The summed E-state index contributed by atoms with van der Waals surface area (Å²) in [5.41, 5.74) is 3.96. The minimum Gasteiger partial charge on any atom is -0.482 e. The van der Waals surface area contributed by atoms with Gasteiger partial charge in [-0.1, -0.05) is 12.8 Å². The zero-order chi connectivity index (χ0) is 20.7. The van der Waals surface area contributed by atoms with Crippen molar-refractivity contribution in [1.82, 2.24) is 4.98 Å². The fourth-order valence-corrected chi connectivity index (χ4v) is 4.69. The number of nitrogens with zero attached hydrogens (tertiary/aromatic N) is 4. The van der Waals surface area contributed by atoms with E-state index in [0.717, 1.165) is 29.2 Å². The van der Waals surface area contributed by atoms with E-state index >= 15 is 0 Å². The number of aromatic nitrogens is 1. The quantitative estimate of drug-likeness (QED) is 0.846. The van der Waals surface area contributed by atoms with Crippen LogP contribution in [0.5, 0.6) is 5.75 Å². The van der Waals surface area contributed by atoms with E-state index in [-0.39, 0.29) is 18.6 Å². The maximum Gasteiger partial charge on any atom is 0.262 e. The Labute approximate surface area is 175 Å². The highest BCUT2D eigenvalue weighted by Gasteiger charge is 2.37. The zero-order valence-electron chi connectivity index (χ0n) is 16.9. The van der Waals surface area contributed by atoms with Crippen LogP contribution in [0.15, 0.2) is 35.4 Å². The average molecular weight is 401 g/mol. The molecule has 0 saturated heterocycles. The highest BCUT2D eigenvalue weighted by molar-refractivity contribution is 6.05. The van der Waals surface area contributed by atoms with Gasteiger partial charge in [-0.25, -0.2) is 9.99 Å². The van der Waals surface area contributed by atoms with Crippen LogP contribution in [0.25, 0.3) is 0 Å². The van der Waals surface area contributed by atoms with Crippen LogP contribution in [0.1, 0.15) is 48.9 Å². The van der Waals surface area contributed by atoms with Crippen LogP contribution >= 0.6 is 0 Å². The summed E-state index contributed by atoms with van der Waals surface area (Å²) in [4.78, 5) is 16.4. The number of ether oxygens (including phenoxy) is 1. The number of rotatable bonds is 3. The third-order valence-corrected chi connectivity index (χ3v) is 6.26. The molecule has 3 heterocycles. The molecule has 1 atom stereocenters. The summed E-state index contributed by atoms with van der Waals surface area (Å²) in [5.74, 6) is 1.90. The minimum absolute atomic E-state index is 0.0501. The van der Waals surface area contributed by atoms with Gasteiger partial charge in [-0.2, -0.15) is 10.4 Å². The van der Waals surface area contributed by atoms with Gasteiger partial charge in [-0.15, -0.1) is 0 Å². The van der Waals surface area contributed by atoms with Gasteiger partial charge in [0.2, 0.25) is 0 Å². The lowest BCUT2D eigenvalue weighted by atomic mass is 9.92. The maximum absolute atomic E-state index is 11.7. The van der Waals surface area contributed by atoms with Crippen LogP contribution in [-0.2, 0) is 4.79 Å². The molecule has 3 aliphatic rings. The van der Waals surface area contributed by atoms with Crippen LogP contribution in [0.2, 0.25) is 0 Å². The Morgan fingerprint density at radius 1 is 1.23 bits per heavy atom. The summed E-state index contributed by atoms with van der Waals surface area (Å²) >= 11 is 0. The fourth-order valence-electron chi connectivity index (χ4n) is 4.69. The molecular formula is C23H23N5O2. The van der Waals surface area contributed by atoms with Crippen molar-refractivity contribution in [3.05, 3.63) is 47.2 Å². The summed E-state index contributed by atoms with van der Waals surface area (Å²) in [5, 5.41) is 19.1. The minimum atomic E-state index is -0.143. The number of anilines is 2. The molecule has 1 aliphatic carbocycles. The number of nitrogens with one attached hydrogen (secondary N) is 1. The van der Waals surface area contributed by atoms with E-state index in [1.807, 2.05) is 42.3 Å². The predicted octanol–water partition coefficient (Wildman–Crippen LogP) is 3.77. The highest BCUT2D eigenvalue weighted by Crippen LogP contribution is 2.38. The second kappa shape index (κ2) is 7.45. The van der Waals surface area contributed by atoms with Crippen LogP contribution in [-0.4, -0.2) is 29.3 Å². The largest absolute Gasteiger partial charge is 0.482 e.